The van der Waals surface area contributed by atoms with Gasteiger partial charge in [0.25, 0.3) is 0 Å². The van der Waals surface area contributed by atoms with Gasteiger partial charge in [-0.25, -0.2) is 18.6 Å². The Balaban J connectivity index is -0.00000000381. The standard InChI is InChI=1S/ClHO4.Cu.6H2O/c2-1(3,4)5;;;;;;;/h(H,2,3,4,5);;6*1H2/q;+2;;;;;;/p-1. The van der Waals surface area contributed by atoms with Crippen LogP contribution in [-0.2, 0) is 17.1 Å². The molecule has 0 bridgehead atoms. The summed E-state index contributed by atoms with van der Waals surface area (Å²) in [5, 5.41) is 0. The van der Waals surface area contributed by atoms with Crippen LogP contribution in [0, 0.1) is 10.2 Å². The maximum atomic E-state index is 8.49. The van der Waals surface area contributed by atoms with Gasteiger partial charge < -0.3 is 32.9 Å². The molecule has 0 aromatic heterocycles. The van der Waals surface area contributed by atoms with Crippen LogP contribution in [0.2, 0.25) is 0 Å². The van der Waals surface area contributed by atoms with Gasteiger partial charge in [-0.15, -0.1) is 10.2 Å². The van der Waals surface area contributed by atoms with Crippen molar-refractivity contribution < 1.29 is 78.8 Å². The van der Waals surface area contributed by atoms with Gasteiger partial charge in [-0.3, -0.25) is 0 Å². The average molecular weight is 271 g/mol. The van der Waals surface area contributed by atoms with E-state index >= 15 is 0 Å². The molecule has 0 aromatic rings. The van der Waals surface area contributed by atoms with Crippen molar-refractivity contribution in [1.82, 2.24) is 0 Å². The van der Waals surface area contributed by atoms with E-state index in [0.717, 1.165) is 0 Å². The molecule has 0 fully saturated rings. The molecule has 0 heterocycles. The van der Waals surface area contributed by atoms with Crippen molar-refractivity contribution in [2.45, 2.75) is 0 Å². The third-order valence-electron chi connectivity index (χ3n) is 0. The van der Waals surface area contributed by atoms with Crippen LogP contribution < -0.4 is 18.6 Å². The number of hydrogen-bond donors (Lipinski definition) is 0. The van der Waals surface area contributed by atoms with Gasteiger partial charge in [0.15, 0.2) is 0 Å². The molecule has 12 heteroatoms. The molecule has 0 aromatic carbocycles. The maximum absolute atomic E-state index is 8.49. The molecule has 0 saturated carbocycles. The fraction of sp³-hybridized carbons (Fsp3) is 0. The Morgan fingerprint density at radius 3 is 0.500 bits per heavy atom. The zero-order valence-corrected chi connectivity index (χ0v) is 7.01. The molecular weight excluding hydrogens is 259 g/mol. The zero-order chi connectivity index (χ0) is 4.50. The molecular formula is H12ClCuO10+. The molecule has 0 spiro atoms. The third-order valence-corrected chi connectivity index (χ3v) is 0. The van der Waals surface area contributed by atoms with Crippen molar-refractivity contribution in [3.8, 4) is 0 Å². The fourth-order valence-electron chi connectivity index (χ4n) is 0. The smallest absolute Gasteiger partial charge is 0.412 e. The minimum Gasteiger partial charge on any atom is -0.412 e. The van der Waals surface area contributed by atoms with Gasteiger partial charge in [0, 0.05) is 0 Å². The zero-order valence-electron chi connectivity index (χ0n) is 5.31. The molecule has 0 aliphatic rings. The summed E-state index contributed by atoms with van der Waals surface area (Å²) in [7, 11) is -4.94. The van der Waals surface area contributed by atoms with E-state index in [-0.39, 0.29) is 49.9 Å². The van der Waals surface area contributed by atoms with E-state index in [9.17, 15) is 0 Å². The van der Waals surface area contributed by atoms with Crippen molar-refractivity contribution in [2.24, 2.45) is 0 Å². The third kappa shape index (κ3) is 5500. The fourth-order valence-corrected chi connectivity index (χ4v) is 0. The summed E-state index contributed by atoms with van der Waals surface area (Å²) >= 11 is 0. The molecule has 0 rings (SSSR count). The Hall–Kier alpha value is 0.409. The van der Waals surface area contributed by atoms with Gasteiger partial charge in [-0.2, -0.15) is 0 Å². The first-order valence-corrected chi connectivity index (χ1v) is 1.85. The Labute approximate surface area is 79.5 Å². The first kappa shape index (κ1) is 83.1. The summed E-state index contributed by atoms with van der Waals surface area (Å²) in [6.07, 6.45) is 0. The quantitative estimate of drug-likeness (QED) is 0.387. The van der Waals surface area contributed by atoms with Crippen LogP contribution in [0.5, 0.6) is 0 Å². The van der Waals surface area contributed by atoms with Gasteiger partial charge >= 0.3 is 17.1 Å². The molecule has 12 heavy (non-hydrogen) atoms. The van der Waals surface area contributed by atoms with Crippen LogP contribution in [0.25, 0.3) is 0 Å². The van der Waals surface area contributed by atoms with E-state index in [2.05, 4.69) is 0 Å². The van der Waals surface area contributed by atoms with Crippen LogP contribution in [0.3, 0.4) is 0 Å². The van der Waals surface area contributed by atoms with E-state index in [1.165, 1.54) is 0 Å². The molecule has 0 atom stereocenters. The molecule has 0 aliphatic carbocycles. The molecule has 0 saturated heterocycles. The topological polar surface area (TPSA) is 281 Å². The second-order valence-corrected chi connectivity index (χ2v) is 1.13. The molecule has 12 N–H and O–H groups in total. The Kier molecular flexibility index (Phi) is 208. The Bertz CT molecular complexity index is 25.3. The van der Waals surface area contributed by atoms with Gasteiger partial charge in [0.1, 0.15) is 0 Å². The van der Waals surface area contributed by atoms with E-state index in [4.69, 9.17) is 18.6 Å². The van der Waals surface area contributed by atoms with Crippen molar-refractivity contribution in [1.29, 1.82) is 0 Å². The summed E-state index contributed by atoms with van der Waals surface area (Å²) in [6.45, 7) is 0. The van der Waals surface area contributed by atoms with E-state index in [0.29, 0.717) is 0 Å². The molecule has 0 unspecified atom stereocenters. The van der Waals surface area contributed by atoms with E-state index in [1.807, 2.05) is 0 Å². The van der Waals surface area contributed by atoms with Crippen molar-refractivity contribution in [3.63, 3.8) is 0 Å². The molecule has 0 amide bonds. The van der Waals surface area contributed by atoms with Crippen molar-refractivity contribution >= 4 is 0 Å². The molecule has 0 aliphatic heterocycles. The Morgan fingerprint density at radius 2 is 0.500 bits per heavy atom. The van der Waals surface area contributed by atoms with E-state index < -0.39 is 10.2 Å². The van der Waals surface area contributed by atoms with Crippen LogP contribution in [0.4, 0.5) is 0 Å². The normalized spacial score (nSPS) is 5.00. The van der Waals surface area contributed by atoms with Gasteiger partial charge in [-0.05, 0) is 0 Å². The van der Waals surface area contributed by atoms with E-state index in [1.54, 1.807) is 0 Å². The first-order valence-electron chi connectivity index (χ1n) is 0.617. The molecule has 1 radical (unpaired) electrons. The maximum Gasteiger partial charge on any atom is 2.00 e. The molecule has 10 nitrogen and oxygen atoms in total. The van der Waals surface area contributed by atoms with Crippen LogP contribution in [-0.4, -0.2) is 32.9 Å². The van der Waals surface area contributed by atoms with Gasteiger partial charge in [0.05, 0.1) is 0 Å². The average Bonchev–Trinajstić information content (AvgIpc) is 0.722. The summed E-state index contributed by atoms with van der Waals surface area (Å²) in [6, 6.07) is 0. The predicted molar refractivity (Wildman–Crippen MR) is 21.7 cm³/mol. The minimum atomic E-state index is -4.94. The summed E-state index contributed by atoms with van der Waals surface area (Å²) in [5.74, 6) is 0. The summed E-state index contributed by atoms with van der Waals surface area (Å²) < 4.78 is 34.0. The second-order valence-electron chi connectivity index (χ2n) is 0.378. The number of rotatable bonds is 0. The van der Waals surface area contributed by atoms with Crippen LogP contribution >= 0.6 is 0 Å². The van der Waals surface area contributed by atoms with Crippen molar-refractivity contribution in [3.05, 3.63) is 0 Å². The number of halogens is 1. The number of hydrogen-bond acceptors (Lipinski definition) is 4. The summed E-state index contributed by atoms with van der Waals surface area (Å²) in [5.41, 5.74) is 0. The van der Waals surface area contributed by atoms with Crippen LogP contribution in [0.1, 0.15) is 0 Å². The minimum absolute atomic E-state index is 0. The van der Waals surface area contributed by atoms with Gasteiger partial charge in [-0.1, -0.05) is 0 Å². The van der Waals surface area contributed by atoms with Crippen molar-refractivity contribution in [2.75, 3.05) is 0 Å². The first-order chi connectivity index (χ1) is 2.00. The second kappa shape index (κ2) is 30.1. The molecule has 89 valence electrons. The predicted octanol–water partition coefficient (Wildman–Crippen LogP) is -9.71. The Morgan fingerprint density at radius 1 is 0.500 bits per heavy atom. The largest absolute Gasteiger partial charge is 2.00 e. The van der Waals surface area contributed by atoms with Crippen LogP contribution in [0.15, 0.2) is 0 Å². The van der Waals surface area contributed by atoms with Gasteiger partial charge in [0.2, 0.25) is 0 Å². The monoisotopic (exact) mass is 270 g/mol. The summed E-state index contributed by atoms with van der Waals surface area (Å²) in [4.78, 5) is 0. The SMILES string of the molecule is O.O.O.O.O.O.[Cu+2].[O-][Cl+3]([O-])([O-])[O-].